The van der Waals surface area contributed by atoms with Crippen molar-refractivity contribution in [2.45, 2.75) is 18.9 Å². The van der Waals surface area contributed by atoms with Gasteiger partial charge in [0.15, 0.2) is 9.84 Å². The summed E-state index contributed by atoms with van der Waals surface area (Å²) in [5, 5.41) is 0. The molecule has 0 unspecified atom stereocenters. The molecule has 0 radical (unpaired) electrons. The van der Waals surface area contributed by atoms with Crippen molar-refractivity contribution in [2.24, 2.45) is 4.99 Å². The first-order chi connectivity index (χ1) is 7.89. The third-order valence-corrected chi connectivity index (χ3v) is 5.29. The molecule has 1 aliphatic heterocycles. The quantitative estimate of drug-likeness (QED) is 0.787. The van der Waals surface area contributed by atoms with E-state index in [1.807, 2.05) is 31.2 Å². The van der Waals surface area contributed by atoms with E-state index in [2.05, 4.69) is 20.9 Å². The van der Waals surface area contributed by atoms with E-state index in [1.54, 1.807) is 6.21 Å². The van der Waals surface area contributed by atoms with Gasteiger partial charge in [-0.2, -0.15) is 0 Å². The highest BCUT2D eigenvalue weighted by Crippen LogP contribution is 2.26. The maximum Gasteiger partial charge on any atom is 0.152 e. The van der Waals surface area contributed by atoms with E-state index in [0.717, 1.165) is 10.0 Å². The number of sulfone groups is 1. The third-order valence-electron chi connectivity index (χ3n) is 2.88. The van der Waals surface area contributed by atoms with E-state index in [1.165, 1.54) is 0 Å². The summed E-state index contributed by atoms with van der Waals surface area (Å²) in [6.07, 6.45) is 2.37. The summed E-state index contributed by atoms with van der Waals surface area (Å²) in [4.78, 5) is 4.43. The van der Waals surface area contributed by atoms with Gasteiger partial charge >= 0.3 is 0 Å². The summed E-state index contributed by atoms with van der Waals surface area (Å²) in [6.45, 7) is 1.90. The maximum atomic E-state index is 11.4. The minimum absolute atomic E-state index is 0.160. The Kier molecular flexibility index (Phi) is 3.41. The number of halogens is 1. The molecule has 1 heterocycles. The molecule has 1 atom stereocenters. The molecular weight excluding hydrogens is 302 g/mol. The summed E-state index contributed by atoms with van der Waals surface area (Å²) in [5.41, 5.74) is 0.532. The van der Waals surface area contributed by atoms with Gasteiger partial charge in [-0.05, 0) is 31.0 Å². The van der Waals surface area contributed by atoms with Gasteiger partial charge in [-0.1, -0.05) is 28.1 Å². The van der Waals surface area contributed by atoms with Gasteiger partial charge in [-0.3, -0.25) is 4.99 Å². The minimum atomic E-state index is -2.89. The fraction of sp³-hybridized carbons (Fsp3) is 0.417. The van der Waals surface area contributed by atoms with Crippen molar-refractivity contribution in [1.29, 1.82) is 0 Å². The van der Waals surface area contributed by atoms with E-state index in [0.29, 0.717) is 6.42 Å². The number of benzene rings is 1. The van der Waals surface area contributed by atoms with Crippen LogP contribution in [0.25, 0.3) is 0 Å². The van der Waals surface area contributed by atoms with Crippen LogP contribution in [-0.4, -0.2) is 31.7 Å². The number of hydrogen-bond donors (Lipinski definition) is 0. The van der Waals surface area contributed by atoms with Crippen LogP contribution < -0.4 is 0 Å². The van der Waals surface area contributed by atoms with Crippen molar-refractivity contribution in [1.82, 2.24) is 0 Å². The summed E-state index contributed by atoms with van der Waals surface area (Å²) >= 11 is 3.36. The van der Waals surface area contributed by atoms with Crippen LogP contribution in [-0.2, 0) is 9.84 Å². The lowest BCUT2D eigenvalue weighted by atomic mass is 10.0. The lowest BCUT2D eigenvalue weighted by Crippen LogP contribution is -2.23. The Morgan fingerprint density at radius 2 is 2.00 bits per heavy atom. The first-order valence-corrected chi connectivity index (χ1v) is 8.01. The molecule has 1 aliphatic rings. The maximum absolute atomic E-state index is 11.4. The second-order valence-corrected chi connectivity index (χ2v) is 7.75. The highest BCUT2D eigenvalue weighted by molar-refractivity contribution is 9.10. The molecule has 1 aromatic rings. The van der Waals surface area contributed by atoms with E-state index in [9.17, 15) is 8.42 Å². The van der Waals surface area contributed by atoms with Gasteiger partial charge in [-0.15, -0.1) is 0 Å². The number of hydrogen-bond acceptors (Lipinski definition) is 3. The Bertz CT molecular complexity index is 536. The van der Waals surface area contributed by atoms with E-state index < -0.39 is 15.4 Å². The molecule has 92 valence electrons. The van der Waals surface area contributed by atoms with Crippen LogP contribution in [0.4, 0.5) is 0 Å². The summed E-state index contributed by atoms with van der Waals surface area (Å²) in [5.74, 6) is 0.411. The van der Waals surface area contributed by atoms with Crippen molar-refractivity contribution in [3.05, 3.63) is 34.3 Å². The normalized spacial score (nSPS) is 27.6. The predicted octanol–water partition coefficient (Wildman–Crippen LogP) is 2.45. The van der Waals surface area contributed by atoms with Crippen LogP contribution in [0.3, 0.4) is 0 Å². The second kappa shape index (κ2) is 4.53. The fourth-order valence-corrected chi connectivity index (χ4v) is 4.20. The summed E-state index contributed by atoms with van der Waals surface area (Å²) in [7, 11) is -2.89. The number of nitrogens with zero attached hydrogens (tertiary/aromatic N) is 1. The Morgan fingerprint density at radius 3 is 2.53 bits per heavy atom. The molecule has 5 heteroatoms. The van der Waals surface area contributed by atoms with Crippen LogP contribution in [0.15, 0.2) is 33.7 Å². The second-order valence-electron chi connectivity index (χ2n) is 4.65. The zero-order valence-electron chi connectivity index (χ0n) is 9.56. The topological polar surface area (TPSA) is 46.5 Å². The lowest BCUT2D eigenvalue weighted by molar-refractivity contribution is 0.536. The molecule has 3 nitrogen and oxygen atoms in total. The molecule has 1 aromatic carbocycles. The molecule has 0 spiro atoms. The molecule has 1 saturated heterocycles. The van der Waals surface area contributed by atoms with Crippen LogP contribution in [0, 0.1) is 0 Å². The summed E-state index contributed by atoms with van der Waals surface area (Å²) in [6, 6.07) is 7.77. The Labute approximate surface area is 110 Å². The van der Waals surface area contributed by atoms with Crippen molar-refractivity contribution in [2.75, 3.05) is 11.5 Å². The van der Waals surface area contributed by atoms with Crippen LogP contribution in [0.2, 0.25) is 0 Å². The zero-order valence-corrected chi connectivity index (χ0v) is 12.0. The lowest BCUT2D eigenvalue weighted by Gasteiger charge is -2.15. The molecule has 0 aliphatic carbocycles. The molecule has 0 aromatic heterocycles. The van der Waals surface area contributed by atoms with E-state index in [-0.39, 0.29) is 11.5 Å². The highest BCUT2D eigenvalue weighted by Gasteiger charge is 2.37. The van der Waals surface area contributed by atoms with Crippen molar-refractivity contribution < 1.29 is 8.42 Å². The van der Waals surface area contributed by atoms with Gasteiger partial charge in [0, 0.05) is 10.7 Å². The highest BCUT2D eigenvalue weighted by atomic mass is 79.9. The van der Waals surface area contributed by atoms with Crippen LogP contribution in [0.5, 0.6) is 0 Å². The van der Waals surface area contributed by atoms with Gasteiger partial charge in [0.05, 0.1) is 17.0 Å². The first-order valence-electron chi connectivity index (χ1n) is 5.40. The third kappa shape index (κ3) is 3.39. The van der Waals surface area contributed by atoms with Gasteiger partial charge in [0.25, 0.3) is 0 Å². The zero-order chi connectivity index (χ0) is 12.5. The Balaban J connectivity index is 2.14. The molecule has 0 amide bonds. The Morgan fingerprint density at radius 1 is 1.35 bits per heavy atom. The monoisotopic (exact) mass is 315 g/mol. The van der Waals surface area contributed by atoms with Gasteiger partial charge in [0.2, 0.25) is 0 Å². The predicted molar refractivity (Wildman–Crippen MR) is 73.4 cm³/mol. The number of aliphatic imine (C=N–C) groups is 1. The average Bonchev–Trinajstić information content (AvgIpc) is 2.53. The molecule has 17 heavy (non-hydrogen) atoms. The molecule has 0 N–H and O–H groups in total. The van der Waals surface area contributed by atoms with Crippen LogP contribution in [0.1, 0.15) is 18.9 Å². The standard InChI is InChI=1S/C12H14BrNO2S/c1-12(6-7-17(15,16)9-12)14-8-10-2-4-11(13)5-3-10/h2-5,8H,6-7,9H2,1H3/t12-/m0/s1. The van der Waals surface area contributed by atoms with Crippen molar-refractivity contribution in [3.8, 4) is 0 Å². The van der Waals surface area contributed by atoms with Crippen molar-refractivity contribution >= 4 is 32.0 Å². The Hall–Kier alpha value is -0.680. The first kappa shape index (κ1) is 12.8. The van der Waals surface area contributed by atoms with Gasteiger partial charge < -0.3 is 0 Å². The smallest absolute Gasteiger partial charge is 0.152 e. The van der Waals surface area contributed by atoms with Crippen LogP contribution >= 0.6 is 15.9 Å². The van der Waals surface area contributed by atoms with Gasteiger partial charge in [-0.25, -0.2) is 8.42 Å². The number of rotatable bonds is 2. The fourth-order valence-electron chi connectivity index (χ4n) is 1.87. The molecular formula is C12H14BrNO2S. The van der Waals surface area contributed by atoms with Gasteiger partial charge in [0.1, 0.15) is 0 Å². The van der Waals surface area contributed by atoms with E-state index >= 15 is 0 Å². The SMILES string of the molecule is C[C@]1(N=Cc2ccc(Br)cc2)CCS(=O)(=O)C1. The molecule has 0 saturated carbocycles. The summed E-state index contributed by atoms with van der Waals surface area (Å²) < 4.78 is 23.9. The molecule has 2 rings (SSSR count). The van der Waals surface area contributed by atoms with E-state index in [4.69, 9.17) is 0 Å². The average molecular weight is 316 g/mol. The minimum Gasteiger partial charge on any atom is -0.285 e. The largest absolute Gasteiger partial charge is 0.285 e. The van der Waals surface area contributed by atoms with Crippen molar-refractivity contribution in [3.63, 3.8) is 0 Å². The molecule has 0 bridgehead atoms. The molecule has 1 fully saturated rings.